The van der Waals surface area contributed by atoms with Gasteiger partial charge in [-0.1, -0.05) is 23.7 Å². The molecule has 0 aliphatic rings. The highest BCUT2D eigenvalue weighted by Gasteiger charge is 2.18. The van der Waals surface area contributed by atoms with Crippen LogP contribution < -0.4 is 4.72 Å². The Morgan fingerprint density at radius 1 is 1.19 bits per heavy atom. The van der Waals surface area contributed by atoms with E-state index in [1.54, 1.807) is 19.1 Å². The molecule has 0 aromatic heterocycles. The van der Waals surface area contributed by atoms with Crippen LogP contribution in [-0.2, 0) is 10.0 Å². The Morgan fingerprint density at radius 3 is 2.52 bits per heavy atom. The predicted octanol–water partition coefficient (Wildman–Crippen LogP) is 3.15. The molecule has 0 atom stereocenters. The van der Waals surface area contributed by atoms with Gasteiger partial charge in [0.15, 0.2) is 0 Å². The molecule has 0 bridgehead atoms. The smallest absolute Gasteiger partial charge is 0.337 e. The highest BCUT2D eigenvalue weighted by molar-refractivity contribution is 7.92. The SMILES string of the molecule is Cc1cccc(S(=O)(=O)Nc2cc(Cl)ccc2C(=O)O)c1. The van der Waals surface area contributed by atoms with Gasteiger partial charge in [-0.15, -0.1) is 0 Å². The van der Waals surface area contributed by atoms with Gasteiger partial charge in [-0.25, -0.2) is 13.2 Å². The summed E-state index contributed by atoms with van der Waals surface area (Å²) in [5.41, 5.74) is 0.537. The molecule has 7 heteroatoms. The van der Waals surface area contributed by atoms with Gasteiger partial charge in [-0.3, -0.25) is 4.72 Å². The Labute approximate surface area is 127 Å². The Bertz CT molecular complexity index is 802. The molecule has 0 heterocycles. The lowest BCUT2D eigenvalue weighted by Crippen LogP contribution is -2.15. The second kappa shape index (κ2) is 5.75. The van der Waals surface area contributed by atoms with Crippen LogP contribution in [-0.4, -0.2) is 19.5 Å². The van der Waals surface area contributed by atoms with E-state index in [0.717, 1.165) is 5.56 Å². The maximum Gasteiger partial charge on any atom is 0.337 e. The first-order chi connectivity index (χ1) is 9.79. The summed E-state index contributed by atoms with van der Waals surface area (Å²) < 4.78 is 26.8. The van der Waals surface area contributed by atoms with E-state index in [2.05, 4.69) is 4.72 Å². The molecule has 110 valence electrons. The quantitative estimate of drug-likeness (QED) is 0.904. The van der Waals surface area contributed by atoms with Crippen molar-refractivity contribution >= 4 is 33.3 Å². The zero-order valence-corrected chi connectivity index (χ0v) is 12.6. The highest BCUT2D eigenvalue weighted by Crippen LogP contribution is 2.24. The van der Waals surface area contributed by atoms with E-state index in [-0.39, 0.29) is 21.2 Å². The maximum absolute atomic E-state index is 12.3. The first-order valence-corrected chi connectivity index (χ1v) is 7.78. The monoisotopic (exact) mass is 325 g/mol. The molecule has 0 amide bonds. The molecule has 0 fully saturated rings. The van der Waals surface area contributed by atoms with Gasteiger partial charge < -0.3 is 5.11 Å². The third-order valence-electron chi connectivity index (χ3n) is 2.76. The summed E-state index contributed by atoms with van der Waals surface area (Å²) >= 11 is 5.79. The van der Waals surface area contributed by atoms with Crippen molar-refractivity contribution in [2.45, 2.75) is 11.8 Å². The number of hydrogen-bond acceptors (Lipinski definition) is 3. The molecular weight excluding hydrogens is 314 g/mol. The fourth-order valence-electron chi connectivity index (χ4n) is 1.77. The molecule has 2 N–H and O–H groups in total. The second-order valence-corrected chi connectivity index (χ2v) is 6.54. The van der Waals surface area contributed by atoms with Crippen LogP contribution in [0, 0.1) is 6.92 Å². The molecule has 0 spiro atoms. The molecule has 21 heavy (non-hydrogen) atoms. The van der Waals surface area contributed by atoms with Crippen molar-refractivity contribution in [1.29, 1.82) is 0 Å². The standard InChI is InChI=1S/C14H12ClNO4S/c1-9-3-2-4-11(7-9)21(19,20)16-13-8-10(15)5-6-12(13)14(17)18/h2-8,16H,1H3,(H,17,18). The summed E-state index contributed by atoms with van der Waals surface area (Å²) in [6.45, 7) is 1.76. The van der Waals surface area contributed by atoms with Crippen LogP contribution >= 0.6 is 11.6 Å². The lowest BCUT2D eigenvalue weighted by Gasteiger charge is -2.11. The van der Waals surface area contributed by atoms with E-state index in [1.165, 1.54) is 30.3 Å². The highest BCUT2D eigenvalue weighted by atomic mass is 35.5. The lowest BCUT2D eigenvalue weighted by atomic mass is 10.2. The van der Waals surface area contributed by atoms with Gasteiger partial charge in [0.05, 0.1) is 16.1 Å². The summed E-state index contributed by atoms with van der Waals surface area (Å²) in [6.07, 6.45) is 0. The van der Waals surface area contributed by atoms with Crippen molar-refractivity contribution in [2.75, 3.05) is 4.72 Å². The van der Waals surface area contributed by atoms with E-state index in [4.69, 9.17) is 16.7 Å². The van der Waals surface area contributed by atoms with E-state index >= 15 is 0 Å². The van der Waals surface area contributed by atoms with Crippen LogP contribution in [0.25, 0.3) is 0 Å². The minimum Gasteiger partial charge on any atom is -0.478 e. The Hall–Kier alpha value is -2.05. The van der Waals surface area contributed by atoms with Crippen LogP contribution in [0.3, 0.4) is 0 Å². The molecular formula is C14H12ClNO4S. The number of carboxylic acids is 1. The molecule has 2 rings (SSSR count). The number of carbonyl (C=O) groups is 1. The zero-order valence-electron chi connectivity index (χ0n) is 11.0. The van der Waals surface area contributed by atoms with Gasteiger partial charge >= 0.3 is 5.97 Å². The minimum atomic E-state index is -3.88. The van der Waals surface area contributed by atoms with E-state index in [1.807, 2.05) is 0 Å². The summed E-state index contributed by atoms with van der Waals surface area (Å²) in [6, 6.07) is 10.2. The number of aromatic carboxylic acids is 1. The van der Waals surface area contributed by atoms with Crippen molar-refractivity contribution in [3.63, 3.8) is 0 Å². The topological polar surface area (TPSA) is 83.5 Å². The van der Waals surface area contributed by atoms with Crippen molar-refractivity contribution in [3.05, 3.63) is 58.6 Å². The fourth-order valence-corrected chi connectivity index (χ4v) is 3.12. The predicted molar refractivity (Wildman–Crippen MR) is 80.4 cm³/mol. The Morgan fingerprint density at radius 2 is 1.90 bits per heavy atom. The number of sulfonamides is 1. The fraction of sp³-hybridized carbons (Fsp3) is 0.0714. The molecule has 0 saturated heterocycles. The number of nitrogens with one attached hydrogen (secondary N) is 1. The summed E-state index contributed by atoms with van der Waals surface area (Å²) in [4.78, 5) is 11.2. The molecule has 2 aromatic carbocycles. The molecule has 0 aliphatic carbocycles. The van der Waals surface area contributed by atoms with Crippen LogP contribution in [0.2, 0.25) is 5.02 Å². The van der Waals surface area contributed by atoms with Crippen LogP contribution in [0.1, 0.15) is 15.9 Å². The number of aryl methyl sites for hydroxylation is 1. The van der Waals surface area contributed by atoms with Crippen LogP contribution in [0.5, 0.6) is 0 Å². The van der Waals surface area contributed by atoms with Gasteiger partial charge in [0.2, 0.25) is 0 Å². The third kappa shape index (κ3) is 3.53. The number of anilines is 1. The van der Waals surface area contributed by atoms with E-state index in [0.29, 0.717) is 0 Å². The number of benzene rings is 2. The van der Waals surface area contributed by atoms with Gasteiger partial charge in [0.25, 0.3) is 10.0 Å². The number of carboxylic acid groups (broad SMARTS) is 1. The number of rotatable bonds is 4. The first-order valence-electron chi connectivity index (χ1n) is 5.92. The third-order valence-corrected chi connectivity index (χ3v) is 4.35. The molecule has 0 saturated carbocycles. The maximum atomic E-state index is 12.3. The number of halogens is 1. The second-order valence-electron chi connectivity index (χ2n) is 4.42. The zero-order chi connectivity index (χ0) is 15.6. The van der Waals surface area contributed by atoms with Gasteiger partial charge in [-0.2, -0.15) is 0 Å². The van der Waals surface area contributed by atoms with Crippen molar-refractivity contribution < 1.29 is 18.3 Å². The largest absolute Gasteiger partial charge is 0.478 e. The van der Waals surface area contributed by atoms with Crippen molar-refractivity contribution in [1.82, 2.24) is 0 Å². The molecule has 0 unspecified atom stereocenters. The Balaban J connectivity index is 2.46. The Kier molecular flexibility index (Phi) is 4.20. The molecule has 5 nitrogen and oxygen atoms in total. The number of hydrogen-bond donors (Lipinski definition) is 2. The summed E-state index contributed by atoms with van der Waals surface area (Å²) in [5.74, 6) is -1.24. The van der Waals surface area contributed by atoms with Gasteiger partial charge in [0, 0.05) is 5.02 Å². The minimum absolute atomic E-state index is 0.0545. The summed E-state index contributed by atoms with van der Waals surface area (Å²) in [7, 11) is -3.88. The van der Waals surface area contributed by atoms with Crippen molar-refractivity contribution in [3.8, 4) is 0 Å². The van der Waals surface area contributed by atoms with Gasteiger partial charge in [-0.05, 0) is 42.8 Å². The van der Waals surface area contributed by atoms with Gasteiger partial charge in [0.1, 0.15) is 0 Å². The molecule has 0 aliphatic heterocycles. The first kappa shape index (κ1) is 15.3. The van der Waals surface area contributed by atoms with E-state index < -0.39 is 16.0 Å². The molecule has 2 aromatic rings. The average Bonchev–Trinajstić information content (AvgIpc) is 2.38. The normalized spacial score (nSPS) is 11.1. The summed E-state index contributed by atoms with van der Waals surface area (Å²) in [5, 5.41) is 9.33. The van der Waals surface area contributed by atoms with Crippen LogP contribution in [0.4, 0.5) is 5.69 Å². The lowest BCUT2D eigenvalue weighted by molar-refractivity contribution is 0.0698. The molecule has 0 radical (unpaired) electrons. The van der Waals surface area contributed by atoms with Crippen LogP contribution in [0.15, 0.2) is 47.4 Å². The van der Waals surface area contributed by atoms with Crippen molar-refractivity contribution in [2.24, 2.45) is 0 Å². The average molecular weight is 326 g/mol. The van der Waals surface area contributed by atoms with E-state index in [9.17, 15) is 13.2 Å².